The molecule has 0 saturated heterocycles. The quantitative estimate of drug-likeness (QED) is 0.367. The monoisotopic (exact) mass is 426 g/mol. The van der Waals surface area contributed by atoms with E-state index in [-0.39, 0.29) is 0 Å². The van der Waals surface area contributed by atoms with Gasteiger partial charge in [-0.25, -0.2) is 4.98 Å². The molecule has 0 fully saturated rings. The van der Waals surface area contributed by atoms with E-state index in [0.29, 0.717) is 18.3 Å². The zero-order chi connectivity index (χ0) is 22.2. The lowest BCUT2D eigenvalue weighted by molar-refractivity contribution is 0.415. The van der Waals surface area contributed by atoms with Gasteiger partial charge in [-0.05, 0) is 60.9 Å². The van der Waals surface area contributed by atoms with Crippen molar-refractivity contribution in [1.29, 1.82) is 0 Å². The van der Waals surface area contributed by atoms with Gasteiger partial charge in [-0.3, -0.25) is 0 Å². The van der Waals surface area contributed by atoms with Crippen LogP contribution in [0.25, 0.3) is 32.9 Å². The zero-order valence-corrected chi connectivity index (χ0v) is 18.4. The second-order valence-corrected chi connectivity index (χ2v) is 8.01. The van der Waals surface area contributed by atoms with Crippen LogP contribution in [0.4, 0.5) is 11.8 Å². The molecular formula is C25H26N6O. The molecule has 0 aliphatic heterocycles. The number of fused-ring (bicyclic) bond motifs is 2. The Morgan fingerprint density at radius 1 is 1.16 bits per heavy atom. The number of aromatic nitrogens is 4. The van der Waals surface area contributed by atoms with Gasteiger partial charge in [-0.1, -0.05) is 6.07 Å². The largest absolute Gasteiger partial charge is 0.497 e. The van der Waals surface area contributed by atoms with Gasteiger partial charge in [0.15, 0.2) is 0 Å². The SMILES string of the molecule is COc1ccc2[nH]cc(CCNc3ncc(-c4ccc5c(c4)cc(C)n5C)c(N)n3)c2c1. The summed E-state index contributed by atoms with van der Waals surface area (Å²) in [5, 5.41) is 5.63. The van der Waals surface area contributed by atoms with Crippen LogP contribution in [0.3, 0.4) is 0 Å². The van der Waals surface area contributed by atoms with Crippen LogP contribution in [0.1, 0.15) is 11.3 Å². The number of aryl methyl sites for hydroxylation is 2. The Labute approximate surface area is 186 Å². The fraction of sp³-hybridized carbons (Fsp3) is 0.200. The van der Waals surface area contributed by atoms with Crippen LogP contribution in [0.5, 0.6) is 5.75 Å². The van der Waals surface area contributed by atoms with Crippen molar-refractivity contribution >= 4 is 33.6 Å². The van der Waals surface area contributed by atoms with E-state index in [0.717, 1.165) is 34.2 Å². The summed E-state index contributed by atoms with van der Waals surface area (Å²) in [7, 11) is 3.75. The minimum atomic E-state index is 0.464. The van der Waals surface area contributed by atoms with Gasteiger partial charge in [0.1, 0.15) is 11.6 Å². The maximum Gasteiger partial charge on any atom is 0.224 e. The van der Waals surface area contributed by atoms with E-state index in [1.54, 1.807) is 13.3 Å². The summed E-state index contributed by atoms with van der Waals surface area (Å²) in [6, 6.07) is 14.5. The Balaban J connectivity index is 1.31. The molecule has 5 aromatic rings. The number of nitrogens with zero attached hydrogens (tertiary/aromatic N) is 3. The summed E-state index contributed by atoms with van der Waals surface area (Å²) in [5.41, 5.74) is 12.9. The molecule has 0 radical (unpaired) electrons. The first kappa shape index (κ1) is 19.9. The molecule has 4 N–H and O–H groups in total. The highest BCUT2D eigenvalue weighted by Crippen LogP contribution is 2.29. The Bertz CT molecular complexity index is 1430. The summed E-state index contributed by atoms with van der Waals surface area (Å²) in [6.07, 6.45) is 4.64. The Morgan fingerprint density at radius 2 is 2.03 bits per heavy atom. The fourth-order valence-corrected chi connectivity index (χ4v) is 4.16. The highest BCUT2D eigenvalue weighted by molar-refractivity contribution is 5.88. The number of rotatable bonds is 6. The summed E-state index contributed by atoms with van der Waals surface area (Å²) in [6.45, 7) is 2.79. The average Bonchev–Trinajstić information content (AvgIpc) is 3.33. The smallest absolute Gasteiger partial charge is 0.224 e. The van der Waals surface area contributed by atoms with Crippen LogP contribution >= 0.6 is 0 Å². The van der Waals surface area contributed by atoms with E-state index < -0.39 is 0 Å². The second kappa shape index (κ2) is 7.92. The second-order valence-electron chi connectivity index (χ2n) is 8.01. The molecule has 0 aliphatic carbocycles. The van der Waals surface area contributed by atoms with Crippen molar-refractivity contribution in [2.24, 2.45) is 7.05 Å². The predicted octanol–water partition coefficient (Wildman–Crippen LogP) is 4.67. The van der Waals surface area contributed by atoms with Gasteiger partial charge in [-0.15, -0.1) is 0 Å². The van der Waals surface area contributed by atoms with Gasteiger partial charge in [0.05, 0.1) is 7.11 Å². The van der Waals surface area contributed by atoms with Crippen molar-refractivity contribution in [1.82, 2.24) is 19.5 Å². The van der Waals surface area contributed by atoms with E-state index >= 15 is 0 Å². The third-order valence-corrected chi connectivity index (χ3v) is 6.06. The van der Waals surface area contributed by atoms with Crippen LogP contribution in [0.2, 0.25) is 0 Å². The van der Waals surface area contributed by atoms with Crippen molar-refractivity contribution in [3.05, 3.63) is 66.1 Å². The Morgan fingerprint density at radius 3 is 2.84 bits per heavy atom. The zero-order valence-electron chi connectivity index (χ0n) is 18.4. The summed E-state index contributed by atoms with van der Waals surface area (Å²) >= 11 is 0. The highest BCUT2D eigenvalue weighted by Gasteiger charge is 2.10. The number of hydrogen-bond acceptors (Lipinski definition) is 5. The molecule has 32 heavy (non-hydrogen) atoms. The topological polar surface area (TPSA) is 93.8 Å². The van der Waals surface area contributed by atoms with E-state index in [9.17, 15) is 0 Å². The van der Waals surface area contributed by atoms with Gasteiger partial charge >= 0.3 is 0 Å². The van der Waals surface area contributed by atoms with Crippen LogP contribution < -0.4 is 15.8 Å². The summed E-state index contributed by atoms with van der Waals surface area (Å²) in [5.74, 6) is 1.84. The molecule has 3 aromatic heterocycles. The van der Waals surface area contributed by atoms with E-state index in [1.165, 1.54) is 22.2 Å². The average molecular weight is 427 g/mol. The lowest BCUT2D eigenvalue weighted by Gasteiger charge is -2.09. The molecule has 7 heteroatoms. The number of anilines is 2. The molecule has 5 rings (SSSR count). The van der Waals surface area contributed by atoms with Crippen molar-refractivity contribution in [3.8, 4) is 16.9 Å². The molecular weight excluding hydrogens is 400 g/mol. The molecule has 3 heterocycles. The predicted molar refractivity (Wildman–Crippen MR) is 130 cm³/mol. The molecule has 0 spiro atoms. The summed E-state index contributed by atoms with van der Waals surface area (Å²) in [4.78, 5) is 12.3. The number of nitrogens with two attached hydrogens (primary N) is 1. The van der Waals surface area contributed by atoms with E-state index in [2.05, 4.69) is 69.1 Å². The standard InChI is InChI=1S/C25H26N6O/c1-15-10-18-11-16(4-7-23(18)31(15)2)21-14-29-25(30-24(21)26)27-9-8-17-13-28-22-6-5-19(32-3)12-20(17)22/h4-7,10-14,28H,8-9H2,1-3H3,(H3,26,27,29,30). The van der Waals surface area contributed by atoms with Crippen molar-refractivity contribution < 1.29 is 4.74 Å². The number of H-pyrrole nitrogens is 1. The van der Waals surface area contributed by atoms with Crippen LogP contribution in [-0.4, -0.2) is 33.2 Å². The lowest BCUT2D eigenvalue weighted by Crippen LogP contribution is -2.09. The van der Waals surface area contributed by atoms with Gasteiger partial charge in [-0.2, -0.15) is 4.98 Å². The number of aromatic amines is 1. The van der Waals surface area contributed by atoms with Crippen LogP contribution in [-0.2, 0) is 13.5 Å². The molecule has 0 bridgehead atoms. The Hall–Kier alpha value is -4.00. The number of nitrogen functional groups attached to an aromatic ring is 1. The number of benzene rings is 2. The first-order valence-electron chi connectivity index (χ1n) is 10.6. The van der Waals surface area contributed by atoms with E-state index in [4.69, 9.17) is 10.5 Å². The van der Waals surface area contributed by atoms with Crippen molar-refractivity contribution in [2.45, 2.75) is 13.3 Å². The third-order valence-electron chi connectivity index (χ3n) is 6.06. The first-order chi connectivity index (χ1) is 15.5. The molecule has 0 unspecified atom stereocenters. The minimum Gasteiger partial charge on any atom is -0.497 e. The lowest BCUT2D eigenvalue weighted by atomic mass is 10.1. The third kappa shape index (κ3) is 3.51. The summed E-state index contributed by atoms with van der Waals surface area (Å²) < 4.78 is 7.52. The number of methoxy groups -OCH3 is 1. The van der Waals surface area contributed by atoms with Gasteiger partial charge in [0.2, 0.25) is 5.95 Å². The molecule has 2 aromatic carbocycles. The highest BCUT2D eigenvalue weighted by atomic mass is 16.5. The minimum absolute atomic E-state index is 0.464. The number of ether oxygens (including phenoxy) is 1. The first-order valence-corrected chi connectivity index (χ1v) is 10.6. The van der Waals surface area contributed by atoms with Crippen LogP contribution in [0, 0.1) is 6.92 Å². The number of hydrogen-bond donors (Lipinski definition) is 3. The van der Waals surface area contributed by atoms with Gasteiger partial charge in [0.25, 0.3) is 0 Å². The molecule has 0 amide bonds. The molecule has 0 aliphatic rings. The van der Waals surface area contributed by atoms with Gasteiger partial charge < -0.3 is 25.3 Å². The normalized spacial score (nSPS) is 11.3. The number of nitrogens with one attached hydrogen (secondary N) is 2. The Kier molecular flexibility index (Phi) is 4.93. The van der Waals surface area contributed by atoms with Crippen molar-refractivity contribution in [2.75, 3.05) is 24.7 Å². The molecule has 0 saturated carbocycles. The van der Waals surface area contributed by atoms with Gasteiger partial charge in [0, 0.05) is 59.0 Å². The van der Waals surface area contributed by atoms with Crippen molar-refractivity contribution in [3.63, 3.8) is 0 Å². The molecule has 7 nitrogen and oxygen atoms in total. The maximum absolute atomic E-state index is 6.29. The van der Waals surface area contributed by atoms with E-state index in [1.807, 2.05) is 18.3 Å². The maximum atomic E-state index is 6.29. The molecule has 0 atom stereocenters. The van der Waals surface area contributed by atoms with Crippen LogP contribution in [0.15, 0.2) is 54.9 Å². The molecule has 162 valence electrons. The fourth-order valence-electron chi connectivity index (χ4n) is 4.16.